The van der Waals surface area contributed by atoms with Gasteiger partial charge >= 0.3 is 5.97 Å². The summed E-state index contributed by atoms with van der Waals surface area (Å²) in [6.45, 7) is 4.48. The zero-order chi connectivity index (χ0) is 20.5. The smallest absolute Gasteiger partial charge is 0.308 e. The maximum absolute atomic E-state index is 12.2. The molecule has 0 spiro atoms. The molecule has 2 N–H and O–H groups in total. The monoisotopic (exact) mass is 403 g/mol. The van der Waals surface area contributed by atoms with Gasteiger partial charge in [-0.05, 0) is 37.2 Å². The Kier molecular flexibility index (Phi) is 8.13. The third kappa shape index (κ3) is 6.45. The molecule has 0 saturated carbocycles. The summed E-state index contributed by atoms with van der Waals surface area (Å²) in [5.74, 6) is -1.19. The third-order valence-electron chi connectivity index (χ3n) is 4.32. The molecular formula is C20H25N3O4S. The van der Waals surface area contributed by atoms with E-state index in [1.165, 1.54) is 6.08 Å². The van der Waals surface area contributed by atoms with Crippen molar-refractivity contribution in [3.63, 3.8) is 0 Å². The van der Waals surface area contributed by atoms with E-state index in [1.54, 1.807) is 17.9 Å². The van der Waals surface area contributed by atoms with Crippen molar-refractivity contribution < 1.29 is 19.1 Å². The molecule has 1 aromatic carbocycles. The number of nitrogens with one attached hydrogen (secondary N) is 2. The van der Waals surface area contributed by atoms with Crippen LogP contribution in [-0.4, -0.2) is 53.0 Å². The van der Waals surface area contributed by atoms with Gasteiger partial charge in [0.05, 0.1) is 12.5 Å². The van der Waals surface area contributed by atoms with Crippen LogP contribution in [0, 0.1) is 0 Å². The summed E-state index contributed by atoms with van der Waals surface area (Å²) in [7, 11) is 0. The van der Waals surface area contributed by atoms with E-state index in [4.69, 9.17) is 17.0 Å². The molecule has 0 bridgehead atoms. The molecule has 150 valence electrons. The molecule has 0 aliphatic carbocycles. The average molecular weight is 404 g/mol. The molecule has 1 aliphatic rings. The molecular weight excluding hydrogens is 378 g/mol. The van der Waals surface area contributed by atoms with E-state index in [0.717, 1.165) is 5.56 Å². The van der Waals surface area contributed by atoms with Gasteiger partial charge in [0.2, 0.25) is 11.8 Å². The lowest BCUT2D eigenvalue weighted by molar-refractivity contribution is -0.151. The predicted octanol–water partition coefficient (Wildman–Crippen LogP) is 1.63. The van der Waals surface area contributed by atoms with E-state index in [1.807, 2.05) is 37.3 Å². The number of piperazine rings is 1. The second kappa shape index (κ2) is 10.6. The Morgan fingerprint density at radius 3 is 2.79 bits per heavy atom. The zero-order valence-corrected chi connectivity index (χ0v) is 16.8. The first kappa shape index (κ1) is 21.6. The van der Waals surface area contributed by atoms with Crippen molar-refractivity contribution >= 4 is 41.2 Å². The van der Waals surface area contributed by atoms with Crippen molar-refractivity contribution in [2.45, 2.75) is 38.8 Å². The van der Waals surface area contributed by atoms with Crippen molar-refractivity contribution in [3.8, 4) is 0 Å². The number of rotatable bonds is 6. The number of ether oxygens (including phenoxy) is 1. The highest BCUT2D eigenvalue weighted by Gasteiger charge is 2.34. The number of carbonyl (C=O) groups is 3. The lowest BCUT2D eigenvalue weighted by Crippen LogP contribution is -2.60. The molecule has 1 saturated heterocycles. The number of benzene rings is 1. The number of hydrogen-bond donors (Lipinski definition) is 2. The zero-order valence-electron chi connectivity index (χ0n) is 16.0. The fourth-order valence-electron chi connectivity index (χ4n) is 2.63. The van der Waals surface area contributed by atoms with Gasteiger partial charge in [-0.2, -0.15) is 0 Å². The summed E-state index contributed by atoms with van der Waals surface area (Å²) >= 11 is 5.30. The topological polar surface area (TPSA) is 87.7 Å². The van der Waals surface area contributed by atoms with Gasteiger partial charge in [-0.3, -0.25) is 19.7 Å². The average Bonchev–Trinajstić information content (AvgIpc) is 2.68. The van der Waals surface area contributed by atoms with Crippen molar-refractivity contribution in [2.75, 3.05) is 13.1 Å². The maximum Gasteiger partial charge on any atom is 0.308 e. The number of amides is 2. The molecule has 1 aliphatic heterocycles. The first-order valence-electron chi connectivity index (χ1n) is 9.22. The number of nitrogens with zero attached hydrogens (tertiary/aromatic N) is 1. The van der Waals surface area contributed by atoms with E-state index < -0.39 is 17.9 Å². The molecule has 1 heterocycles. The van der Waals surface area contributed by atoms with E-state index in [0.29, 0.717) is 19.5 Å². The number of esters is 1. The summed E-state index contributed by atoms with van der Waals surface area (Å²) < 4.78 is 5.26. The lowest BCUT2D eigenvalue weighted by atomic mass is 10.1. The van der Waals surface area contributed by atoms with E-state index in [9.17, 15) is 14.4 Å². The quantitative estimate of drug-likeness (QED) is 0.427. The van der Waals surface area contributed by atoms with Crippen LogP contribution in [-0.2, 0) is 19.1 Å². The van der Waals surface area contributed by atoms with Gasteiger partial charge in [0.1, 0.15) is 6.04 Å². The predicted molar refractivity (Wildman–Crippen MR) is 110 cm³/mol. The highest BCUT2D eigenvalue weighted by molar-refractivity contribution is 7.80. The van der Waals surface area contributed by atoms with Crippen LogP contribution in [0.25, 0.3) is 6.08 Å². The van der Waals surface area contributed by atoms with Gasteiger partial charge < -0.3 is 15.0 Å². The molecule has 2 amide bonds. The Hall–Kier alpha value is -2.74. The summed E-state index contributed by atoms with van der Waals surface area (Å²) in [5.41, 5.74) is 0.881. The summed E-state index contributed by atoms with van der Waals surface area (Å²) in [6, 6.07) is 8.57. The van der Waals surface area contributed by atoms with Gasteiger partial charge in [-0.15, -0.1) is 0 Å². The van der Waals surface area contributed by atoms with Crippen LogP contribution >= 0.6 is 12.2 Å². The van der Waals surface area contributed by atoms with Crippen LogP contribution in [0.15, 0.2) is 36.4 Å². The Bertz CT molecular complexity index is 751. The van der Waals surface area contributed by atoms with E-state index in [2.05, 4.69) is 10.6 Å². The Balaban J connectivity index is 1.98. The van der Waals surface area contributed by atoms with Crippen LogP contribution in [0.4, 0.5) is 0 Å². The highest BCUT2D eigenvalue weighted by atomic mass is 32.1. The van der Waals surface area contributed by atoms with Crippen molar-refractivity contribution in [3.05, 3.63) is 42.0 Å². The molecule has 2 unspecified atom stereocenters. The Labute approximate surface area is 170 Å². The summed E-state index contributed by atoms with van der Waals surface area (Å²) in [4.78, 5) is 38.1. The van der Waals surface area contributed by atoms with Gasteiger partial charge in [0, 0.05) is 19.2 Å². The minimum Gasteiger partial charge on any atom is -0.463 e. The van der Waals surface area contributed by atoms with Crippen LogP contribution in [0.2, 0.25) is 0 Å². The van der Waals surface area contributed by atoms with Crippen LogP contribution in [0.1, 0.15) is 32.3 Å². The van der Waals surface area contributed by atoms with Gasteiger partial charge in [0.15, 0.2) is 5.11 Å². The number of thiocarbonyl (C=S) groups is 1. The van der Waals surface area contributed by atoms with E-state index in [-0.39, 0.29) is 23.5 Å². The molecule has 28 heavy (non-hydrogen) atoms. The van der Waals surface area contributed by atoms with Gasteiger partial charge in [-0.25, -0.2) is 0 Å². The molecule has 1 fully saturated rings. The SMILES string of the molecule is CCC(C)OC(=O)CC1C(=O)NCCN1C(=S)NC(=O)/C=C/c1ccccc1. The minimum atomic E-state index is -0.809. The second-order valence-corrected chi connectivity index (χ2v) is 6.84. The minimum absolute atomic E-state index is 0.110. The Morgan fingerprint density at radius 2 is 2.11 bits per heavy atom. The fraction of sp³-hybridized carbons (Fsp3) is 0.400. The number of carbonyl (C=O) groups excluding carboxylic acids is 3. The summed E-state index contributed by atoms with van der Waals surface area (Å²) in [6.07, 6.45) is 3.38. The largest absolute Gasteiger partial charge is 0.463 e. The van der Waals surface area contributed by atoms with Crippen molar-refractivity contribution in [2.24, 2.45) is 0 Å². The second-order valence-electron chi connectivity index (χ2n) is 6.45. The van der Waals surface area contributed by atoms with Gasteiger partial charge in [0.25, 0.3) is 0 Å². The normalized spacial score (nSPS) is 17.7. The third-order valence-corrected chi connectivity index (χ3v) is 4.65. The fourth-order valence-corrected chi connectivity index (χ4v) is 2.95. The first-order valence-corrected chi connectivity index (χ1v) is 9.63. The van der Waals surface area contributed by atoms with Crippen LogP contribution in [0.5, 0.6) is 0 Å². The molecule has 2 rings (SSSR count). The molecule has 7 nitrogen and oxygen atoms in total. The molecule has 8 heteroatoms. The van der Waals surface area contributed by atoms with Crippen molar-refractivity contribution in [1.82, 2.24) is 15.5 Å². The summed E-state index contributed by atoms with van der Waals surface area (Å²) in [5, 5.41) is 5.42. The molecule has 0 radical (unpaired) electrons. The van der Waals surface area contributed by atoms with Crippen molar-refractivity contribution in [1.29, 1.82) is 0 Å². The molecule has 0 aromatic heterocycles. The van der Waals surface area contributed by atoms with Crippen LogP contribution < -0.4 is 10.6 Å². The lowest BCUT2D eigenvalue weighted by Gasteiger charge is -2.36. The first-order chi connectivity index (χ1) is 13.4. The molecule has 2 atom stereocenters. The van der Waals surface area contributed by atoms with E-state index >= 15 is 0 Å². The van der Waals surface area contributed by atoms with Gasteiger partial charge in [-0.1, -0.05) is 37.3 Å². The highest BCUT2D eigenvalue weighted by Crippen LogP contribution is 2.12. The Morgan fingerprint density at radius 1 is 1.39 bits per heavy atom. The maximum atomic E-state index is 12.2. The van der Waals surface area contributed by atoms with Crippen LogP contribution in [0.3, 0.4) is 0 Å². The molecule has 1 aromatic rings. The standard InChI is InChI=1S/C20H25N3O4S/c1-3-14(2)27-18(25)13-16-19(26)21-11-12-23(16)20(28)22-17(24)10-9-15-7-5-4-6-8-15/h4-10,14,16H,3,11-13H2,1-2H3,(H,21,26)(H,22,24,28)/b10-9+. The number of hydrogen-bond acceptors (Lipinski definition) is 5.